The van der Waals surface area contributed by atoms with Gasteiger partial charge in [0.15, 0.2) is 11.6 Å². The predicted octanol–water partition coefficient (Wildman–Crippen LogP) is 2.08. The maximum atomic E-state index is 13.6. The molecular weight excluding hydrogens is 271 g/mol. The third kappa shape index (κ3) is 5.16. The summed E-state index contributed by atoms with van der Waals surface area (Å²) in [6.07, 6.45) is -0.411. The average molecular weight is 290 g/mol. The van der Waals surface area contributed by atoms with Crippen molar-refractivity contribution in [2.24, 2.45) is 0 Å². The van der Waals surface area contributed by atoms with Gasteiger partial charge in [-0.3, -0.25) is 0 Å². The van der Waals surface area contributed by atoms with Crippen LogP contribution in [0.25, 0.3) is 0 Å². The molecule has 0 aliphatic carbocycles. The van der Waals surface area contributed by atoms with Gasteiger partial charge in [0, 0.05) is 5.75 Å². The van der Waals surface area contributed by atoms with Crippen LogP contribution in [-0.2, 0) is 9.84 Å². The Morgan fingerprint density at radius 1 is 1.42 bits per heavy atom. The number of aliphatic hydroxyl groups excluding tert-OH is 1. The lowest BCUT2D eigenvalue weighted by molar-refractivity contribution is 0.198. The van der Waals surface area contributed by atoms with E-state index in [2.05, 4.69) is 0 Å². The number of aliphatic hydroxyl groups is 1. The van der Waals surface area contributed by atoms with E-state index in [-0.39, 0.29) is 23.9 Å². The van der Waals surface area contributed by atoms with E-state index in [1.807, 2.05) is 0 Å². The van der Waals surface area contributed by atoms with Gasteiger partial charge in [-0.05, 0) is 31.0 Å². The fraction of sp³-hybridized carbons (Fsp3) is 0.538. The Bertz CT molecular complexity index is 511. The van der Waals surface area contributed by atoms with Gasteiger partial charge in [0.1, 0.15) is 9.84 Å². The van der Waals surface area contributed by atoms with Crippen molar-refractivity contribution in [1.82, 2.24) is 0 Å². The van der Waals surface area contributed by atoms with Gasteiger partial charge in [-0.25, -0.2) is 12.8 Å². The van der Waals surface area contributed by atoms with Gasteiger partial charge in [0.05, 0.1) is 18.5 Å². The van der Waals surface area contributed by atoms with Crippen LogP contribution in [0.15, 0.2) is 18.2 Å². The van der Waals surface area contributed by atoms with E-state index >= 15 is 0 Å². The van der Waals surface area contributed by atoms with Crippen LogP contribution < -0.4 is 4.74 Å². The molecule has 0 saturated carbocycles. The van der Waals surface area contributed by atoms with Crippen LogP contribution in [0.4, 0.5) is 4.39 Å². The molecular formula is C13H19FO4S. The zero-order valence-electron chi connectivity index (χ0n) is 11.1. The molecule has 0 aromatic heterocycles. The van der Waals surface area contributed by atoms with Crippen LogP contribution in [-0.4, -0.2) is 31.6 Å². The van der Waals surface area contributed by atoms with Gasteiger partial charge >= 0.3 is 0 Å². The summed E-state index contributed by atoms with van der Waals surface area (Å²) in [6, 6.07) is 4.22. The lowest BCUT2D eigenvalue weighted by atomic mass is 10.1. The molecule has 0 amide bonds. The van der Waals surface area contributed by atoms with Crippen LogP contribution in [0.1, 0.15) is 31.9 Å². The van der Waals surface area contributed by atoms with Crippen molar-refractivity contribution in [1.29, 1.82) is 0 Å². The molecule has 0 aliphatic rings. The highest BCUT2D eigenvalue weighted by atomic mass is 32.2. The summed E-state index contributed by atoms with van der Waals surface area (Å²) in [4.78, 5) is 0. The first kappa shape index (κ1) is 15.9. The minimum atomic E-state index is -3.01. The minimum Gasteiger partial charge on any atom is -0.490 e. The van der Waals surface area contributed by atoms with E-state index in [9.17, 15) is 17.9 Å². The predicted molar refractivity (Wildman–Crippen MR) is 71.5 cm³/mol. The largest absolute Gasteiger partial charge is 0.490 e. The summed E-state index contributed by atoms with van der Waals surface area (Å²) >= 11 is 0. The van der Waals surface area contributed by atoms with Crippen LogP contribution in [0.5, 0.6) is 5.75 Å². The Labute approximate surface area is 113 Å². The first-order valence-electron chi connectivity index (χ1n) is 6.16. The van der Waals surface area contributed by atoms with Crippen LogP contribution in [0, 0.1) is 5.82 Å². The van der Waals surface area contributed by atoms with Crippen molar-refractivity contribution in [2.75, 3.05) is 18.1 Å². The Balaban J connectivity index is 2.50. The summed E-state index contributed by atoms with van der Waals surface area (Å²) in [7, 11) is -3.01. The van der Waals surface area contributed by atoms with E-state index < -0.39 is 21.8 Å². The molecule has 1 N–H and O–H groups in total. The van der Waals surface area contributed by atoms with Crippen molar-refractivity contribution in [3.8, 4) is 5.75 Å². The smallest absolute Gasteiger partial charge is 0.165 e. The van der Waals surface area contributed by atoms with E-state index in [4.69, 9.17) is 4.74 Å². The second kappa shape index (κ2) is 6.86. The van der Waals surface area contributed by atoms with E-state index in [0.717, 1.165) is 0 Å². The number of halogens is 1. The summed E-state index contributed by atoms with van der Waals surface area (Å²) in [5.74, 6) is -0.350. The highest BCUT2D eigenvalue weighted by molar-refractivity contribution is 7.91. The Morgan fingerprint density at radius 2 is 2.11 bits per heavy atom. The van der Waals surface area contributed by atoms with Gasteiger partial charge < -0.3 is 9.84 Å². The molecule has 0 radical (unpaired) electrons. The van der Waals surface area contributed by atoms with E-state index in [1.165, 1.54) is 12.1 Å². The molecule has 0 aliphatic heterocycles. The number of sulfone groups is 1. The summed E-state index contributed by atoms with van der Waals surface area (Å²) in [5, 5.41) is 9.30. The van der Waals surface area contributed by atoms with Gasteiger partial charge in [0.2, 0.25) is 0 Å². The van der Waals surface area contributed by atoms with E-state index in [0.29, 0.717) is 12.0 Å². The molecule has 0 heterocycles. The van der Waals surface area contributed by atoms with Crippen LogP contribution in [0.3, 0.4) is 0 Å². The van der Waals surface area contributed by atoms with Crippen LogP contribution in [0.2, 0.25) is 0 Å². The zero-order chi connectivity index (χ0) is 14.5. The lowest BCUT2D eigenvalue weighted by Gasteiger charge is -2.10. The summed E-state index contributed by atoms with van der Waals surface area (Å²) in [5.41, 5.74) is 0.471. The normalized spacial score (nSPS) is 13.3. The molecule has 1 aromatic rings. The number of rotatable bonds is 7. The van der Waals surface area contributed by atoms with Crippen molar-refractivity contribution in [2.45, 2.75) is 26.4 Å². The topological polar surface area (TPSA) is 63.6 Å². The quantitative estimate of drug-likeness (QED) is 0.781. The summed E-state index contributed by atoms with van der Waals surface area (Å²) < 4.78 is 41.3. The molecule has 0 spiro atoms. The first-order valence-corrected chi connectivity index (χ1v) is 7.98. The van der Waals surface area contributed by atoms with Crippen LogP contribution >= 0.6 is 0 Å². The third-order valence-electron chi connectivity index (χ3n) is 2.74. The molecule has 1 rings (SSSR count). The number of ether oxygens (including phenoxy) is 1. The highest BCUT2D eigenvalue weighted by Gasteiger charge is 2.09. The van der Waals surface area contributed by atoms with Crippen molar-refractivity contribution in [3.63, 3.8) is 0 Å². The Morgan fingerprint density at radius 3 is 2.63 bits per heavy atom. The van der Waals surface area contributed by atoms with Gasteiger partial charge in [0.25, 0.3) is 0 Å². The van der Waals surface area contributed by atoms with Gasteiger partial charge in [-0.1, -0.05) is 13.0 Å². The zero-order valence-corrected chi connectivity index (χ0v) is 11.9. The average Bonchev–Trinajstić information content (AvgIpc) is 2.36. The van der Waals surface area contributed by atoms with Crippen molar-refractivity contribution < 1.29 is 22.7 Å². The molecule has 6 heteroatoms. The number of benzene rings is 1. The van der Waals surface area contributed by atoms with Crippen molar-refractivity contribution in [3.05, 3.63) is 29.6 Å². The van der Waals surface area contributed by atoms with Crippen molar-refractivity contribution >= 4 is 9.84 Å². The molecule has 108 valence electrons. The fourth-order valence-electron chi connectivity index (χ4n) is 1.50. The molecule has 19 heavy (non-hydrogen) atoms. The standard InChI is InChI=1S/C13H19FO4S/c1-3-19(16,17)8-4-7-18-13-6-5-11(10(2)15)9-12(13)14/h5-6,9-10,15H,3-4,7-8H2,1-2H3/t10-/m1/s1. The molecule has 4 nitrogen and oxygen atoms in total. The molecule has 0 bridgehead atoms. The number of hydrogen-bond acceptors (Lipinski definition) is 4. The molecule has 1 aromatic carbocycles. The van der Waals surface area contributed by atoms with E-state index in [1.54, 1.807) is 19.9 Å². The second-order valence-electron chi connectivity index (χ2n) is 4.30. The Kier molecular flexibility index (Phi) is 5.75. The summed E-state index contributed by atoms with van der Waals surface area (Å²) in [6.45, 7) is 3.28. The number of hydrogen-bond donors (Lipinski definition) is 1. The SMILES string of the molecule is CCS(=O)(=O)CCCOc1ccc([C@@H](C)O)cc1F. The molecule has 0 unspecified atom stereocenters. The highest BCUT2D eigenvalue weighted by Crippen LogP contribution is 2.22. The molecule has 0 fully saturated rings. The lowest BCUT2D eigenvalue weighted by Crippen LogP contribution is -2.12. The monoisotopic (exact) mass is 290 g/mol. The second-order valence-corrected chi connectivity index (χ2v) is 6.78. The van der Waals surface area contributed by atoms with Gasteiger partial charge in [-0.15, -0.1) is 0 Å². The minimum absolute atomic E-state index is 0.0386. The Hall–Kier alpha value is -1.14. The molecule has 0 saturated heterocycles. The fourth-order valence-corrected chi connectivity index (χ4v) is 2.35. The molecule has 1 atom stereocenters. The first-order chi connectivity index (χ1) is 8.85. The van der Waals surface area contributed by atoms with Gasteiger partial charge in [-0.2, -0.15) is 0 Å². The maximum absolute atomic E-state index is 13.6. The maximum Gasteiger partial charge on any atom is 0.165 e. The third-order valence-corrected chi connectivity index (χ3v) is 4.53.